The van der Waals surface area contributed by atoms with Gasteiger partial charge in [0, 0.05) is 34.6 Å². The predicted octanol–water partition coefficient (Wildman–Crippen LogP) is 16.4. The average molecular weight is 797 g/mol. The van der Waals surface area contributed by atoms with Gasteiger partial charge < -0.3 is 9.80 Å². The van der Waals surface area contributed by atoms with E-state index in [1.165, 1.54) is 180 Å². The number of fused-ring (bicyclic) bond motifs is 3. The molecule has 2 unspecified atom stereocenters. The molecule has 0 saturated carbocycles. The Labute approximate surface area is 358 Å². The van der Waals surface area contributed by atoms with Crippen molar-refractivity contribution in [1.29, 1.82) is 0 Å². The van der Waals surface area contributed by atoms with Gasteiger partial charge >= 0.3 is 0 Å². The van der Waals surface area contributed by atoms with Crippen LogP contribution in [0.1, 0.15) is 254 Å². The van der Waals surface area contributed by atoms with Gasteiger partial charge in [0.05, 0.1) is 0 Å². The van der Waals surface area contributed by atoms with Crippen molar-refractivity contribution in [3.63, 3.8) is 0 Å². The average Bonchev–Trinajstić information content (AvgIpc) is 3.24. The topological polar surface area (TPSA) is 40.6 Å². The summed E-state index contributed by atoms with van der Waals surface area (Å²) in [6.45, 7) is 9.18. The first kappa shape index (κ1) is 48.1. The van der Waals surface area contributed by atoms with Crippen molar-refractivity contribution in [2.45, 2.75) is 257 Å². The van der Waals surface area contributed by atoms with Crippen LogP contribution in [0.25, 0.3) is 0 Å². The molecule has 0 fully saturated rings. The van der Waals surface area contributed by atoms with Crippen molar-refractivity contribution >= 4 is 22.9 Å². The molecule has 4 rings (SSSR count). The quantitative estimate of drug-likeness (QED) is 0.0662. The second kappa shape index (κ2) is 28.8. The fraction of sp³-hybridized carbons (Fsp3) is 0.741. The van der Waals surface area contributed by atoms with E-state index in [1.807, 2.05) is 12.1 Å². The molecule has 0 saturated heterocycles. The van der Waals surface area contributed by atoms with Crippen LogP contribution in [0.15, 0.2) is 48.5 Å². The van der Waals surface area contributed by atoms with Crippen LogP contribution in [0.5, 0.6) is 0 Å². The van der Waals surface area contributed by atoms with Gasteiger partial charge in [-0.3, -0.25) is 9.59 Å². The van der Waals surface area contributed by atoms with Gasteiger partial charge in [0.25, 0.3) is 0 Å². The van der Waals surface area contributed by atoms with E-state index < -0.39 is 12.1 Å². The predicted molar refractivity (Wildman–Crippen MR) is 252 cm³/mol. The second-order valence-electron chi connectivity index (χ2n) is 18.4. The van der Waals surface area contributed by atoms with Crippen LogP contribution in [0.2, 0.25) is 0 Å². The van der Waals surface area contributed by atoms with E-state index in [0.717, 1.165) is 48.2 Å². The molecule has 0 aliphatic carbocycles. The minimum absolute atomic E-state index is 0.162. The summed E-state index contributed by atoms with van der Waals surface area (Å²) in [6.07, 6.45) is 40.4. The van der Waals surface area contributed by atoms with Crippen molar-refractivity contribution in [3.8, 4) is 0 Å². The lowest BCUT2D eigenvalue weighted by molar-refractivity contribution is 0.0825. The van der Waals surface area contributed by atoms with Gasteiger partial charge in [-0.1, -0.05) is 232 Å². The number of para-hydroxylation sites is 2. The molecule has 0 aromatic heterocycles. The number of ketones is 2. The van der Waals surface area contributed by atoms with E-state index in [9.17, 15) is 0 Å². The molecule has 4 heteroatoms. The first-order valence-electron chi connectivity index (χ1n) is 25.4. The van der Waals surface area contributed by atoms with Crippen molar-refractivity contribution in [2.24, 2.45) is 0 Å². The summed E-state index contributed by atoms with van der Waals surface area (Å²) in [5.74, 6) is 0.323. The molecule has 2 aromatic rings. The lowest BCUT2D eigenvalue weighted by Crippen LogP contribution is -2.68. The van der Waals surface area contributed by atoms with Crippen LogP contribution in [0.4, 0.5) is 11.4 Å². The van der Waals surface area contributed by atoms with Crippen LogP contribution in [-0.2, 0) is 0 Å². The molecule has 2 aromatic carbocycles. The lowest BCUT2D eigenvalue weighted by atomic mass is 9.77. The summed E-state index contributed by atoms with van der Waals surface area (Å²) >= 11 is 0. The zero-order valence-electron chi connectivity index (χ0n) is 38.3. The number of hydrogen-bond donors (Lipinski definition) is 0. The zero-order chi connectivity index (χ0) is 41.2. The molecule has 2 aliphatic heterocycles. The normalized spacial score (nSPS) is 16.4. The fourth-order valence-electron chi connectivity index (χ4n) is 10.3. The Balaban J connectivity index is 1.67. The highest BCUT2D eigenvalue weighted by Crippen LogP contribution is 2.45. The standard InChI is InChI=1S/C54H88N2O2/c1-5-9-13-17-21-25-29-37-45(38-30-26-22-18-14-10-6-2)55-49-43-35-33-41-47(49)54(58)52-51(55)53(57)48-42-34-36-44-50(48)56(52)46(39-31-27-23-19-15-11-7-3)40-32-28-24-20-16-12-8-4/h33-36,41-46,51-52H,5-32,37-40H2,1-4H3. The minimum atomic E-state index is -0.484. The third-order valence-electron chi connectivity index (χ3n) is 13.7. The molecule has 326 valence electrons. The zero-order valence-corrected chi connectivity index (χ0v) is 38.3. The molecule has 0 N–H and O–H groups in total. The largest absolute Gasteiger partial charge is 0.355 e. The Hall–Kier alpha value is -2.62. The number of carbonyl (C=O) groups excluding carboxylic acids is 2. The number of hydrogen-bond acceptors (Lipinski definition) is 4. The maximum absolute atomic E-state index is 15.2. The first-order chi connectivity index (χ1) is 28.6. The second-order valence-corrected chi connectivity index (χ2v) is 18.4. The molecule has 0 bridgehead atoms. The monoisotopic (exact) mass is 797 g/mol. The SMILES string of the molecule is CCCCCCCCCC(CCCCCCCCC)N1c2ccccc2C(=O)C2C1C(=O)c1ccccc1N2C(CCCCCCCCC)CCCCCCCCC. The highest BCUT2D eigenvalue weighted by molar-refractivity contribution is 6.19. The maximum Gasteiger partial charge on any atom is 0.189 e. The third kappa shape index (κ3) is 14.8. The number of Topliss-reactive ketones (excluding diaryl/α,β-unsaturated/α-hetero) is 2. The van der Waals surface area contributed by atoms with Crippen LogP contribution < -0.4 is 9.80 Å². The Morgan fingerprint density at radius 2 is 0.603 bits per heavy atom. The van der Waals surface area contributed by atoms with E-state index in [-0.39, 0.29) is 23.7 Å². The van der Waals surface area contributed by atoms with Gasteiger partial charge in [-0.05, 0) is 49.9 Å². The Morgan fingerprint density at radius 1 is 0.362 bits per heavy atom. The van der Waals surface area contributed by atoms with Gasteiger partial charge in [-0.25, -0.2) is 0 Å². The van der Waals surface area contributed by atoms with Crippen LogP contribution in [0.3, 0.4) is 0 Å². The van der Waals surface area contributed by atoms with E-state index in [1.54, 1.807) is 0 Å². The van der Waals surface area contributed by atoms with Crippen molar-refractivity contribution < 1.29 is 9.59 Å². The molecular weight excluding hydrogens is 709 g/mol. The van der Waals surface area contributed by atoms with Crippen LogP contribution in [0, 0.1) is 0 Å². The minimum Gasteiger partial charge on any atom is -0.355 e. The Bertz CT molecular complexity index is 1260. The van der Waals surface area contributed by atoms with E-state index >= 15 is 9.59 Å². The van der Waals surface area contributed by atoms with Crippen LogP contribution in [-0.4, -0.2) is 35.7 Å². The first-order valence-corrected chi connectivity index (χ1v) is 25.4. The van der Waals surface area contributed by atoms with Gasteiger partial charge in [0.2, 0.25) is 0 Å². The molecule has 0 radical (unpaired) electrons. The molecule has 4 nitrogen and oxygen atoms in total. The fourth-order valence-corrected chi connectivity index (χ4v) is 10.3. The number of nitrogens with zero attached hydrogens (tertiary/aromatic N) is 2. The number of anilines is 2. The van der Waals surface area contributed by atoms with Gasteiger partial charge in [-0.15, -0.1) is 0 Å². The summed E-state index contributed by atoms with van der Waals surface area (Å²) in [6, 6.07) is 16.3. The van der Waals surface area contributed by atoms with Gasteiger partial charge in [0.15, 0.2) is 11.6 Å². The Morgan fingerprint density at radius 3 is 0.879 bits per heavy atom. The summed E-state index contributed by atoms with van der Waals surface area (Å²) in [5, 5.41) is 0. The van der Waals surface area contributed by atoms with E-state index in [4.69, 9.17) is 0 Å². The number of benzene rings is 2. The highest BCUT2D eigenvalue weighted by atomic mass is 16.1. The molecule has 2 heterocycles. The van der Waals surface area contributed by atoms with Crippen molar-refractivity contribution in [2.75, 3.05) is 9.80 Å². The summed E-state index contributed by atoms with van der Waals surface area (Å²) in [7, 11) is 0. The van der Waals surface area contributed by atoms with Crippen molar-refractivity contribution in [3.05, 3.63) is 59.7 Å². The highest BCUT2D eigenvalue weighted by Gasteiger charge is 2.53. The summed E-state index contributed by atoms with van der Waals surface area (Å²) < 4.78 is 0. The van der Waals surface area contributed by atoms with Crippen LogP contribution >= 0.6 is 0 Å². The van der Waals surface area contributed by atoms with Gasteiger partial charge in [-0.2, -0.15) is 0 Å². The maximum atomic E-state index is 15.2. The molecule has 2 atom stereocenters. The number of rotatable bonds is 34. The lowest BCUT2D eigenvalue weighted by Gasteiger charge is -2.54. The van der Waals surface area contributed by atoms with E-state index in [2.05, 4.69) is 73.9 Å². The third-order valence-corrected chi connectivity index (χ3v) is 13.7. The molecule has 0 amide bonds. The smallest absolute Gasteiger partial charge is 0.189 e. The summed E-state index contributed by atoms with van der Waals surface area (Å²) in [5.41, 5.74) is 3.67. The number of carbonyl (C=O) groups is 2. The van der Waals surface area contributed by atoms with Crippen molar-refractivity contribution in [1.82, 2.24) is 0 Å². The molecule has 2 aliphatic rings. The summed E-state index contributed by atoms with van der Waals surface area (Å²) in [4.78, 5) is 35.5. The van der Waals surface area contributed by atoms with E-state index in [0.29, 0.717) is 0 Å². The molecule has 58 heavy (non-hydrogen) atoms. The van der Waals surface area contributed by atoms with Gasteiger partial charge in [0.1, 0.15) is 12.1 Å². The number of unbranched alkanes of at least 4 members (excludes halogenated alkanes) is 24. The molecule has 0 spiro atoms. The Kier molecular flexibility index (Phi) is 23.8. The molecular formula is C54H88N2O2.